The van der Waals surface area contributed by atoms with Crippen molar-refractivity contribution in [2.45, 2.75) is 12.6 Å². The number of piperazine rings is 1. The molecule has 1 N–H and O–H groups in total. The fraction of sp³-hybridized carbons (Fsp3) is 0.500. The normalized spacial score (nSPS) is 21.0. The predicted molar refractivity (Wildman–Crippen MR) is 106 cm³/mol. The summed E-state index contributed by atoms with van der Waals surface area (Å²) in [6.07, 6.45) is 3.57. The van der Waals surface area contributed by atoms with Gasteiger partial charge in [0.15, 0.2) is 5.96 Å². The Kier molecular flexibility index (Phi) is 6.41. The Morgan fingerprint density at radius 2 is 2.07 bits per heavy atom. The molecule has 0 bridgehead atoms. The van der Waals surface area contributed by atoms with Crippen molar-refractivity contribution in [1.82, 2.24) is 15.2 Å². The van der Waals surface area contributed by atoms with Gasteiger partial charge in [-0.05, 0) is 24.3 Å². The van der Waals surface area contributed by atoms with Crippen LogP contribution in [0.15, 0.2) is 52.2 Å². The molecule has 0 aliphatic carbocycles. The summed E-state index contributed by atoms with van der Waals surface area (Å²) < 4.78 is 16.7. The molecule has 0 saturated carbocycles. The number of anilines is 1. The molecule has 0 amide bonds. The number of ether oxygens (including phenoxy) is 2. The Hall–Kier alpha value is -2.58. The van der Waals surface area contributed by atoms with E-state index >= 15 is 0 Å². The fourth-order valence-electron chi connectivity index (χ4n) is 3.37. The molecule has 2 aliphatic heterocycles. The van der Waals surface area contributed by atoms with Crippen LogP contribution in [0, 0.1) is 0 Å². The van der Waals surface area contributed by atoms with Gasteiger partial charge >= 0.3 is 0 Å². The van der Waals surface area contributed by atoms with Crippen LogP contribution in [0.4, 0.5) is 5.82 Å². The van der Waals surface area contributed by atoms with E-state index in [-0.39, 0.29) is 6.10 Å². The van der Waals surface area contributed by atoms with E-state index in [1.165, 1.54) is 0 Å². The maximum absolute atomic E-state index is 5.74. The first-order valence-electron chi connectivity index (χ1n) is 9.79. The first-order valence-corrected chi connectivity index (χ1v) is 9.79. The Labute approximate surface area is 165 Å². The van der Waals surface area contributed by atoms with Crippen molar-refractivity contribution in [3.05, 3.63) is 48.6 Å². The molecule has 8 heteroatoms. The quantitative estimate of drug-likeness (QED) is 0.615. The maximum atomic E-state index is 5.74. The number of furan rings is 1. The van der Waals surface area contributed by atoms with Gasteiger partial charge in [-0.2, -0.15) is 0 Å². The van der Waals surface area contributed by atoms with E-state index in [4.69, 9.17) is 18.9 Å². The molecular weight excluding hydrogens is 358 g/mol. The van der Waals surface area contributed by atoms with Crippen molar-refractivity contribution in [1.29, 1.82) is 0 Å². The molecule has 0 radical (unpaired) electrons. The summed E-state index contributed by atoms with van der Waals surface area (Å²) in [5.41, 5.74) is 0. The summed E-state index contributed by atoms with van der Waals surface area (Å²) in [5, 5.41) is 3.47. The SMILES string of the molecule is c1ccc(N2CCN(C(=NCc3ccco3)NCC3COCCO3)CC2)nc1. The van der Waals surface area contributed by atoms with Crippen molar-refractivity contribution in [2.24, 2.45) is 4.99 Å². The average molecular weight is 385 g/mol. The highest BCUT2D eigenvalue weighted by Gasteiger charge is 2.22. The number of aliphatic imine (C=N–C) groups is 1. The predicted octanol–water partition coefficient (Wildman–Crippen LogP) is 1.36. The van der Waals surface area contributed by atoms with E-state index in [0.29, 0.717) is 32.9 Å². The highest BCUT2D eigenvalue weighted by molar-refractivity contribution is 5.80. The lowest BCUT2D eigenvalue weighted by molar-refractivity contribution is -0.0851. The third-order valence-electron chi connectivity index (χ3n) is 4.89. The molecule has 8 nitrogen and oxygen atoms in total. The summed E-state index contributed by atoms with van der Waals surface area (Å²) in [5.74, 6) is 2.76. The van der Waals surface area contributed by atoms with Crippen LogP contribution in [0.25, 0.3) is 0 Å². The molecule has 4 rings (SSSR count). The van der Waals surface area contributed by atoms with E-state index < -0.39 is 0 Å². The van der Waals surface area contributed by atoms with E-state index in [2.05, 4.69) is 26.2 Å². The van der Waals surface area contributed by atoms with E-state index in [9.17, 15) is 0 Å². The lowest BCUT2D eigenvalue weighted by atomic mass is 10.3. The Bertz CT molecular complexity index is 724. The molecule has 1 unspecified atom stereocenters. The van der Waals surface area contributed by atoms with Crippen molar-refractivity contribution in [2.75, 3.05) is 57.4 Å². The van der Waals surface area contributed by atoms with Gasteiger partial charge in [-0.25, -0.2) is 9.98 Å². The Morgan fingerprint density at radius 1 is 1.14 bits per heavy atom. The zero-order valence-electron chi connectivity index (χ0n) is 16.0. The number of hydrogen-bond donors (Lipinski definition) is 1. The number of hydrogen-bond acceptors (Lipinski definition) is 6. The van der Waals surface area contributed by atoms with Gasteiger partial charge < -0.3 is 29.0 Å². The fourth-order valence-corrected chi connectivity index (χ4v) is 3.37. The van der Waals surface area contributed by atoms with Crippen LogP contribution in [0.1, 0.15) is 5.76 Å². The number of nitrogens with one attached hydrogen (secondary N) is 1. The highest BCUT2D eigenvalue weighted by Crippen LogP contribution is 2.13. The smallest absolute Gasteiger partial charge is 0.194 e. The zero-order chi connectivity index (χ0) is 19.0. The Balaban J connectivity index is 1.37. The zero-order valence-corrected chi connectivity index (χ0v) is 16.0. The van der Waals surface area contributed by atoms with Gasteiger partial charge in [-0.1, -0.05) is 6.07 Å². The molecule has 2 aliphatic rings. The van der Waals surface area contributed by atoms with Crippen molar-refractivity contribution in [3.63, 3.8) is 0 Å². The molecule has 150 valence electrons. The Morgan fingerprint density at radius 3 is 2.79 bits per heavy atom. The number of guanidine groups is 1. The van der Waals surface area contributed by atoms with Gasteiger partial charge in [0.05, 0.1) is 32.2 Å². The molecule has 28 heavy (non-hydrogen) atoms. The monoisotopic (exact) mass is 385 g/mol. The second-order valence-electron chi connectivity index (χ2n) is 6.83. The number of aromatic nitrogens is 1. The highest BCUT2D eigenvalue weighted by atomic mass is 16.6. The second-order valence-corrected chi connectivity index (χ2v) is 6.83. The third kappa shape index (κ3) is 5.02. The van der Waals surface area contributed by atoms with E-state index in [0.717, 1.165) is 43.7 Å². The lowest BCUT2D eigenvalue weighted by Gasteiger charge is -2.37. The maximum Gasteiger partial charge on any atom is 0.194 e. The molecular formula is C20H27N5O3. The van der Waals surface area contributed by atoms with Gasteiger partial charge in [-0.15, -0.1) is 0 Å². The number of pyridine rings is 1. The third-order valence-corrected chi connectivity index (χ3v) is 4.89. The summed E-state index contributed by atoms with van der Waals surface area (Å²) >= 11 is 0. The average Bonchev–Trinajstić information content (AvgIpc) is 3.29. The summed E-state index contributed by atoms with van der Waals surface area (Å²) in [6, 6.07) is 9.86. The van der Waals surface area contributed by atoms with Crippen LogP contribution >= 0.6 is 0 Å². The van der Waals surface area contributed by atoms with Crippen LogP contribution in [0.2, 0.25) is 0 Å². The molecule has 0 spiro atoms. The molecule has 2 aromatic rings. The van der Waals surface area contributed by atoms with E-state index in [1.807, 2.05) is 30.5 Å². The lowest BCUT2D eigenvalue weighted by Crippen LogP contribution is -2.54. The minimum atomic E-state index is 0.0531. The molecule has 0 aromatic carbocycles. The number of rotatable bonds is 5. The van der Waals surface area contributed by atoms with Gasteiger partial charge in [-0.3, -0.25) is 0 Å². The van der Waals surface area contributed by atoms with Crippen molar-refractivity contribution >= 4 is 11.8 Å². The summed E-state index contributed by atoms with van der Waals surface area (Å²) in [6.45, 7) is 6.69. The minimum Gasteiger partial charge on any atom is -0.467 e. The summed E-state index contributed by atoms with van der Waals surface area (Å²) in [7, 11) is 0. The molecule has 1 atom stereocenters. The van der Waals surface area contributed by atoms with Gasteiger partial charge in [0.2, 0.25) is 0 Å². The summed E-state index contributed by atoms with van der Waals surface area (Å²) in [4.78, 5) is 13.8. The van der Waals surface area contributed by atoms with E-state index in [1.54, 1.807) is 6.26 Å². The molecule has 4 heterocycles. The van der Waals surface area contributed by atoms with Crippen LogP contribution in [0.3, 0.4) is 0 Å². The van der Waals surface area contributed by atoms with Crippen LogP contribution in [-0.2, 0) is 16.0 Å². The molecule has 2 fully saturated rings. The second kappa shape index (κ2) is 9.57. The largest absolute Gasteiger partial charge is 0.467 e. The van der Waals surface area contributed by atoms with Crippen LogP contribution in [-0.4, -0.2) is 74.5 Å². The molecule has 2 aromatic heterocycles. The first-order chi connectivity index (χ1) is 13.9. The van der Waals surface area contributed by atoms with Gasteiger partial charge in [0.25, 0.3) is 0 Å². The first kappa shape index (κ1) is 18.8. The van der Waals surface area contributed by atoms with Gasteiger partial charge in [0, 0.05) is 38.9 Å². The van der Waals surface area contributed by atoms with Crippen LogP contribution in [0.5, 0.6) is 0 Å². The van der Waals surface area contributed by atoms with Crippen molar-refractivity contribution in [3.8, 4) is 0 Å². The standard InChI is InChI=1S/C20H27N5O3/c1-2-6-21-19(5-1)24-7-9-25(10-8-24)20(22-14-17-4-3-11-27-17)23-15-18-16-26-12-13-28-18/h1-6,11,18H,7-10,12-16H2,(H,22,23). The topological polar surface area (TPSA) is 75.4 Å². The molecule has 2 saturated heterocycles. The minimum absolute atomic E-state index is 0.0531. The van der Waals surface area contributed by atoms with Gasteiger partial charge in [0.1, 0.15) is 18.1 Å². The van der Waals surface area contributed by atoms with Crippen LogP contribution < -0.4 is 10.2 Å². The number of nitrogens with zero attached hydrogens (tertiary/aromatic N) is 4. The van der Waals surface area contributed by atoms with Crippen molar-refractivity contribution < 1.29 is 13.9 Å².